The van der Waals surface area contributed by atoms with Gasteiger partial charge in [0.2, 0.25) is 0 Å². The SMILES string of the molecule is C/C=C\COCCCC(F)(F)F. The molecule has 0 aromatic carbocycles. The van der Waals surface area contributed by atoms with Crippen LogP contribution in [0.25, 0.3) is 0 Å². The van der Waals surface area contributed by atoms with E-state index in [0.717, 1.165) is 0 Å². The molecule has 0 N–H and O–H groups in total. The van der Waals surface area contributed by atoms with Gasteiger partial charge in [-0.2, -0.15) is 13.2 Å². The first-order valence-corrected chi connectivity index (χ1v) is 3.82. The lowest BCUT2D eigenvalue weighted by Gasteiger charge is -2.05. The Balaban J connectivity index is 3.11. The molecule has 0 bridgehead atoms. The first-order valence-electron chi connectivity index (χ1n) is 3.82. The van der Waals surface area contributed by atoms with Crippen molar-refractivity contribution >= 4 is 0 Å². The van der Waals surface area contributed by atoms with E-state index in [1.807, 2.05) is 6.92 Å². The maximum atomic E-state index is 11.6. The zero-order valence-corrected chi connectivity index (χ0v) is 7.03. The van der Waals surface area contributed by atoms with Crippen LogP contribution in [0, 0.1) is 0 Å². The minimum absolute atomic E-state index is 0.0427. The lowest BCUT2D eigenvalue weighted by atomic mass is 10.3. The normalized spacial score (nSPS) is 12.7. The smallest absolute Gasteiger partial charge is 0.377 e. The van der Waals surface area contributed by atoms with Crippen molar-refractivity contribution in [3.8, 4) is 0 Å². The van der Waals surface area contributed by atoms with Crippen molar-refractivity contribution < 1.29 is 17.9 Å². The monoisotopic (exact) mass is 182 g/mol. The predicted molar refractivity (Wildman–Crippen MR) is 40.9 cm³/mol. The highest BCUT2D eigenvalue weighted by Gasteiger charge is 2.25. The third-order valence-corrected chi connectivity index (χ3v) is 1.20. The van der Waals surface area contributed by atoms with E-state index in [-0.39, 0.29) is 13.0 Å². The Morgan fingerprint density at radius 3 is 2.50 bits per heavy atom. The molecule has 72 valence electrons. The van der Waals surface area contributed by atoms with Gasteiger partial charge >= 0.3 is 6.18 Å². The van der Waals surface area contributed by atoms with Gasteiger partial charge in [-0.25, -0.2) is 0 Å². The average molecular weight is 182 g/mol. The zero-order valence-electron chi connectivity index (χ0n) is 7.03. The van der Waals surface area contributed by atoms with Crippen LogP contribution < -0.4 is 0 Å². The van der Waals surface area contributed by atoms with Gasteiger partial charge < -0.3 is 4.74 Å². The van der Waals surface area contributed by atoms with Gasteiger partial charge in [0.15, 0.2) is 0 Å². The first kappa shape index (κ1) is 11.5. The van der Waals surface area contributed by atoms with Crippen molar-refractivity contribution in [1.82, 2.24) is 0 Å². The van der Waals surface area contributed by atoms with Crippen molar-refractivity contribution in [2.75, 3.05) is 13.2 Å². The molecule has 0 spiro atoms. The number of ether oxygens (including phenoxy) is 1. The van der Waals surface area contributed by atoms with Crippen LogP contribution in [0.2, 0.25) is 0 Å². The third-order valence-electron chi connectivity index (χ3n) is 1.20. The van der Waals surface area contributed by atoms with Gasteiger partial charge in [0.25, 0.3) is 0 Å². The molecule has 0 aliphatic carbocycles. The quantitative estimate of drug-likeness (QED) is 0.469. The van der Waals surface area contributed by atoms with Gasteiger partial charge in [0, 0.05) is 13.0 Å². The molecule has 0 amide bonds. The summed E-state index contributed by atoms with van der Waals surface area (Å²) < 4.78 is 39.6. The Hall–Kier alpha value is -0.510. The fourth-order valence-corrected chi connectivity index (χ4v) is 0.622. The number of hydrogen-bond donors (Lipinski definition) is 0. The minimum Gasteiger partial charge on any atom is -0.377 e. The summed E-state index contributed by atoms with van der Waals surface area (Å²) >= 11 is 0. The fourth-order valence-electron chi connectivity index (χ4n) is 0.622. The third kappa shape index (κ3) is 9.49. The summed E-state index contributed by atoms with van der Waals surface area (Å²) in [7, 11) is 0. The molecule has 0 rings (SSSR count). The van der Waals surface area contributed by atoms with Crippen LogP contribution >= 0.6 is 0 Å². The summed E-state index contributed by atoms with van der Waals surface area (Å²) in [5.74, 6) is 0. The minimum atomic E-state index is -4.05. The van der Waals surface area contributed by atoms with E-state index in [4.69, 9.17) is 4.74 Å². The maximum Gasteiger partial charge on any atom is 0.389 e. The summed E-state index contributed by atoms with van der Waals surface area (Å²) in [6.07, 6.45) is -1.22. The highest BCUT2D eigenvalue weighted by Crippen LogP contribution is 2.20. The summed E-state index contributed by atoms with van der Waals surface area (Å²) in [6.45, 7) is 2.40. The molecule has 0 unspecified atom stereocenters. The molecule has 0 aromatic rings. The molecule has 4 heteroatoms. The second-order valence-electron chi connectivity index (χ2n) is 2.36. The van der Waals surface area contributed by atoms with Gasteiger partial charge in [-0.15, -0.1) is 0 Å². The van der Waals surface area contributed by atoms with Crippen LogP contribution in [-0.2, 0) is 4.74 Å². The molecule has 0 aliphatic heterocycles. The lowest BCUT2D eigenvalue weighted by molar-refractivity contribution is -0.137. The van der Waals surface area contributed by atoms with E-state index in [0.29, 0.717) is 6.61 Å². The van der Waals surface area contributed by atoms with Crippen LogP contribution in [0.15, 0.2) is 12.2 Å². The second-order valence-corrected chi connectivity index (χ2v) is 2.36. The van der Waals surface area contributed by atoms with Crippen LogP contribution in [0.5, 0.6) is 0 Å². The molecule has 0 saturated carbocycles. The van der Waals surface area contributed by atoms with Gasteiger partial charge in [0.1, 0.15) is 0 Å². The number of hydrogen-bond acceptors (Lipinski definition) is 1. The van der Waals surface area contributed by atoms with Crippen LogP contribution in [0.1, 0.15) is 19.8 Å². The Kier molecular flexibility index (Phi) is 5.80. The topological polar surface area (TPSA) is 9.23 Å². The highest BCUT2D eigenvalue weighted by atomic mass is 19.4. The molecule has 12 heavy (non-hydrogen) atoms. The largest absolute Gasteiger partial charge is 0.389 e. The molecule has 0 radical (unpaired) electrons. The van der Waals surface area contributed by atoms with Gasteiger partial charge in [0.05, 0.1) is 6.61 Å². The van der Waals surface area contributed by atoms with Crippen molar-refractivity contribution in [2.45, 2.75) is 25.9 Å². The summed E-state index contributed by atoms with van der Waals surface area (Å²) in [6, 6.07) is 0. The van der Waals surface area contributed by atoms with Crippen LogP contribution in [0.3, 0.4) is 0 Å². The van der Waals surface area contributed by atoms with E-state index in [2.05, 4.69) is 0 Å². The molecular weight excluding hydrogens is 169 g/mol. The van der Waals surface area contributed by atoms with E-state index in [9.17, 15) is 13.2 Å². The van der Waals surface area contributed by atoms with Crippen molar-refractivity contribution in [2.24, 2.45) is 0 Å². The Morgan fingerprint density at radius 2 is 2.00 bits per heavy atom. The summed E-state index contributed by atoms with van der Waals surface area (Å²) in [4.78, 5) is 0. The Bertz CT molecular complexity index is 129. The molecule has 0 aromatic heterocycles. The maximum absolute atomic E-state index is 11.6. The molecule has 0 fully saturated rings. The fraction of sp³-hybridized carbons (Fsp3) is 0.750. The molecule has 0 atom stereocenters. The molecule has 0 heterocycles. The molecule has 1 nitrogen and oxygen atoms in total. The Morgan fingerprint density at radius 1 is 1.33 bits per heavy atom. The number of allylic oxidation sites excluding steroid dienone is 1. The van der Waals surface area contributed by atoms with E-state index < -0.39 is 12.6 Å². The lowest BCUT2D eigenvalue weighted by Crippen LogP contribution is -2.08. The standard InChI is InChI=1S/C8H13F3O/c1-2-3-6-12-7-4-5-8(9,10)11/h2-3H,4-7H2,1H3/b3-2-. The van der Waals surface area contributed by atoms with Crippen molar-refractivity contribution in [1.29, 1.82) is 0 Å². The van der Waals surface area contributed by atoms with Crippen LogP contribution in [-0.4, -0.2) is 19.4 Å². The second kappa shape index (κ2) is 6.06. The number of alkyl halides is 3. The van der Waals surface area contributed by atoms with Gasteiger partial charge in [-0.05, 0) is 13.3 Å². The number of rotatable bonds is 5. The molecule has 0 saturated heterocycles. The van der Waals surface area contributed by atoms with Crippen molar-refractivity contribution in [3.05, 3.63) is 12.2 Å². The van der Waals surface area contributed by atoms with Gasteiger partial charge in [-0.1, -0.05) is 12.2 Å². The van der Waals surface area contributed by atoms with E-state index >= 15 is 0 Å². The van der Waals surface area contributed by atoms with E-state index in [1.54, 1.807) is 12.2 Å². The van der Waals surface area contributed by atoms with Crippen molar-refractivity contribution in [3.63, 3.8) is 0 Å². The molecular formula is C8H13F3O. The first-order chi connectivity index (χ1) is 5.56. The summed E-state index contributed by atoms with van der Waals surface area (Å²) in [5, 5.41) is 0. The van der Waals surface area contributed by atoms with Crippen LogP contribution in [0.4, 0.5) is 13.2 Å². The Labute approximate surface area is 70.2 Å². The number of halogens is 3. The van der Waals surface area contributed by atoms with Gasteiger partial charge in [-0.3, -0.25) is 0 Å². The van der Waals surface area contributed by atoms with E-state index in [1.165, 1.54) is 0 Å². The predicted octanol–water partition coefficient (Wildman–Crippen LogP) is 2.92. The summed E-state index contributed by atoms with van der Waals surface area (Å²) in [5.41, 5.74) is 0. The average Bonchev–Trinajstić information content (AvgIpc) is 1.94. The highest BCUT2D eigenvalue weighted by molar-refractivity contribution is 4.75. The zero-order chi connectivity index (χ0) is 9.45. The molecule has 0 aliphatic rings.